The van der Waals surface area contributed by atoms with Gasteiger partial charge in [-0.15, -0.1) is 5.10 Å². The predicted octanol–water partition coefficient (Wildman–Crippen LogP) is 1.71. The summed E-state index contributed by atoms with van der Waals surface area (Å²) < 4.78 is 5.67. The maximum Gasteiger partial charge on any atom is 0.266 e. The first kappa shape index (κ1) is 13.6. The first-order chi connectivity index (χ1) is 11.3. The summed E-state index contributed by atoms with van der Waals surface area (Å²) >= 11 is 0. The first-order valence-corrected chi connectivity index (χ1v) is 7.40. The van der Waals surface area contributed by atoms with Crippen molar-refractivity contribution in [2.45, 2.75) is 18.9 Å². The summed E-state index contributed by atoms with van der Waals surface area (Å²) in [7, 11) is 0. The molecule has 0 saturated carbocycles. The summed E-state index contributed by atoms with van der Waals surface area (Å²) in [5, 5.41) is 10.9. The fraction of sp³-hybridized carbons (Fsp3) is 0.176. The number of amides is 1. The normalized spacial score (nSPS) is 18.7. The van der Waals surface area contributed by atoms with Crippen LogP contribution >= 0.6 is 0 Å². The van der Waals surface area contributed by atoms with E-state index in [0.29, 0.717) is 18.7 Å². The van der Waals surface area contributed by atoms with Crippen LogP contribution in [0, 0.1) is 0 Å². The number of amidine groups is 1. The van der Waals surface area contributed by atoms with Crippen LogP contribution in [0.15, 0.2) is 58.9 Å². The smallest absolute Gasteiger partial charge is 0.266 e. The molecule has 0 spiro atoms. The summed E-state index contributed by atoms with van der Waals surface area (Å²) in [6.07, 6.45) is 2.22. The molecule has 2 aliphatic rings. The van der Waals surface area contributed by atoms with Gasteiger partial charge < -0.3 is 10.1 Å². The molecule has 1 amide bonds. The van der Waals surface area contributed by atoms with Gasteiger partial charge in [0.05, 0.1) is 17.8 Å². The van der Waals surface area contributed by atoms with E-state index >= 15 is 0 Å². The van der Waals surface area contributed by atoms with E-state index < -0.39 is 6.10 Å². The Morgan fingerprint density at radius 3 is 2.83 bits per heavy atom. The van der Waals surface area contributed by atoms with Crippen molar-refractivity contribution in [2.24, 2.45) is 10.2 Å². The lowest BCUT2D eigenvalue weighted by atomic mass is 10.1. The maximum absolute atomic E-state index is 12.3. The number of hydrogen-bond acceptors (Lipinski definition) is 5. The third-order valence-electron chi connectivity index (χ3n) is 3.79. The highest BCUT2D eigenvalue weighted by Gasteiger charge is 2.30. The van der Waals surface area contributed by atoms with Crippen LogP contribution in [0.1, 0.15) is 17.7 Å². The molecule has 0 fully saturated rings. The Kier molecular flexibility index (Phi) is 3.34. The van der Waals surface area contributed by atoms with Gasteiger partial charge in [0.15, 0.2) is 6.10 Å². The number of nitrogens with zero attached hydrogens (tertiary/aromatic N) is 3. The molecule has 4 rings (SSSR count). The fourth-order valence-corrected chi connectivity index (χ4v) is 2.65. The van der Waals surface area contributed by atoms with E-state index in [2.05, 4.69) is 20.5 Å². The number of pyridine rings is 1. The topological polar surface area (TPSA) is 75.9 Å². The number of ether oxygens (including phenoxy) is 1. The van der Waals surface area contributed by atoms with E-state index in [9.17, 15) is 4.79 Å². The van der Waals surface area contributed by atoms with Gasteiger partial charge in [0.25, 0.3) is 5.91 Å². The Hall–Kier alpha value is -3.02. The molecular formula is C17H14N4O2. The first-order valence-electron chi connectivity index (χ1n) is 7.40. The zero-order valence-corrected chi connectivity index (χ0v) is 12.3. The molecule has 0 radical (unpaired) electrons. The number of hydrogen-bond donors (Lipinski definition) is 1. The highest BCUT2D eigenvalue weighted by atomic mass is 16.5. The molecule has 1 aromatic carbocycles. The van der Waals surface area contributed by atoms with Crippen LogP contribution in [0.5, 0.6) is 5.75 Å². The molecule has 2 aliphatic heterocycles. The van der Waals surface area contributed by atoms with Crippen molar-refractivity contribution in [1.29, 1.82) is 0 Å². The molecule has 23 heavy (non-hydrogen) atoms. The number of carbonyl (C=O) groups is 1. The number of benzene rings is 1. The summed E-state index contributed by atoms with van der Waals surface area (Å²) in [4.78, 5) is 16.6. The molecular weight excluding hydrogens is 292 g/mol. The minimum atomic E-state index is -0.519. The SMILES string of the molecule is O=C(NC1=NN=C(c2ccccn2)C1)C1Cc2ccccc2O1. The molecule has 6 nitrogen and oxygen atoms in total. The van der Waals surface area contributed by atoms with Gasteiger partial charge in [-0.2, -0.15) is 5.10 Å². The highest BCUT2D eigenvalue weighted by molar-refractivity contribution is 6.16. The number of para-hydroxylation sites is 1. The largest absolute Gasteiger partial charge is 0.480 e. The van der Waals surface area contributed by atoms with Crippen LogP contribution in [0.3, 0.4) is 0 Å². The predicted molar refractivity (Wildman–Crippen MR) is 85.5 cm³/mol. The van der Waals surface area contributed by atoms with Gasteiger partial charge in [-0.1, -0.05) is 24.3 Å². The lowest BCUT2D eigenvalue weighted by Crippen LogP contribution is -2.40. The van der Waals surface area contributed by atoms with E-state index in [1.807, 2.05) is 42.5 Å². The molecule has 1 N–H and O–H groups in total. The number of aromatic nitrogens is 1. The average molecular weight is 306 g/mol. The van der Waals surface area contributed by atoms with Crippen LogP contribution in [0.2, 0.25) is 0 Å². The standard InChI is InChI=1S/C17H14N4O2/c22-17(15-9-11-5-1-2-7-14(11)23-15)19-16-10-13(20-21-16)12-6-3-4-8-18-12/h1-8,15H,9-10H2,(H,19,21,22). The highest BCUT2D eigenvalue weighted by Crippen LogP contribution is 2.28. The quantitative estimate of drug-likeness (QED) is 0.917. The third-order valence-corrected chi connectivity index (χ3v) is 3.79. The van der Waals surface area contributed by atoms with Gasteiger partial charge in [0, 0.05) is 12.6 Å². The summed E-state index contributed by atoms with van der Waals surface area (Å²) in [6.45, 7) is 0. The Morgan fingerprint density at radius 2 is 2.00 bits per heavy atom. The zero-order chi connectivity index (χ0) is 15.6. The Labute approximate surface area is 132 Å². The van der Waals surface area contributed by atoms with Gasteiger partial charge in [-0.05, 0) is 23.8 Å². The van der Waals surface area contributed by atoms with Crippen molar-refractivity contribution in [1.82, 2.24) is 10.3 Å². The Balaban J connectivity index is 1.37. The fourth-order valence-electron chi connectivity index (χ4n) is 2.65. The van der Waals surface area contributed by atoms with Crippen molar-refractivity contribution < 1.29 is 9.53 Å². The Morgan fingerprint density at radius 1 is 1.13 bits per heavy atom. The molecule has 2 aromatic rings. The van der Waals surface area contributed by atoms with Crippen LogP contribution in [-0.4, -0.2) is 28.5 Å². The van der Waals surface area contributed by atoms with Crippen molar-refractivity contribution in [3.05, 3.63) is 59.9 Å². The summed E-state index contributed by atoms with van der Waals surface area (Å²) in [5.41, 5.74) is 2.56. The van der Waals surface area contributed by atoms with Crippen molar-refractivity contribution >= 4 is 17.5 Å². The monoisotopic (exact) mass is 306 g/mol. The number of rotatable bonds is 2. The van der Waals surface area contributed by atoms with E-state index in [-0.39, 0.29) is 5.91 Å². The summed E-state index contributed by atoms with van der Waals surface area (Å²) in [5.74, 6) is 1.10. The molecule has 0 bridgehead atoms. The number of carbonyl (C=O) groups excluding carboxylic acids is 1. The van der Waals surface area contributed by atoms with Gasteiger partial charge in [-0.3, -0.25) is 9.78 Å². The number of fused-ring (bicyclic) bond motifs is 1. The lowest BCUT2D eigenvalue weighted by Gasteiger charge is -2.10. The maximum atomic E-state index is 12.3. The van der Waals surface area contributed by atoms with Crippen LogP contribution in [0.4, 0.5) is 0 Å². The molecule has 114 valence electrons. The summed E-state index contributed by atoms with van der Waals surface area (Å²) in [6, 6.07) is 13.3. The van der Waals surface area contributed by atoms with Crippen LogP contribution < -0.4 is 10.1 Å². The van der Waals surface area contributed by atoms with E-state index in [1.165, 1.54) is 0 Å². The van der Waals surface area contributed by atoms with Gasteiger partial charge in [-0.25, -0.2) is 0 Å². The van der Waals surface area contributed by atoms with Gasteiger partial charge in [0.2, 0.25) is 0 Å². The average Bonchev–Trinajstić information content (AvgIpc) is 3.22. The molecule has 6 heteroatoms. The molecule has 0 saturated heterocycles. The molecule has 1 aromatic heterocycles. The Bertz CT molecular complexity index is 789. The van der Waals surface area contributed by atoms with Crippen LogP contribution in [0.25, 0.3) is 0 Å². The minimum Gasteiger partial charge on any atom is -0.480 e. The number of nitrogens with one attached hydrogen (secondary N) is 1. The molecule has 1 unspecified atom stereocenters. The van der Waals surface area contributed by atoms with Crippen molar-refractivity contribution in [3.63, 3.8) is 0 Å². The van der Waals surface area contributed by atoms with Gasteiger partial charge in [0.1, 0.15) is 11.6 Å². The van der Waals surface area contributed by atoms with Crippen LogP contribution in [-0.2, 0) is 11.2 Å². The zero-order valence-electron chi connectivity index (χ0n) is 12.3. The second-order valence-corrected chi connectivity index (χ2v) is 5.39. The van der Waals surface area contributed by atoms with E-state index in [0.717, 1.165) is 22.7 Å². The third kappa shape index (κ3) is 2.70. The molecule has 1 atom stereocenters. The van der Waals surface area contributed by atoms with E-state index in [1.54, 1.807) is 6.20 Å². The lowest BCUT2D eigenvalue weighted by molar-refractivity contribution is -0.125. The van der Waals surface area contributed by atoms with Crippen molar-refractivity contribution in [2.75, 3.05) is 0 Å². The molecule has 3 heterocycles. The minimum absolute atomic E-state index is 0.197. The molecule has 0 aliphatic carbocycles. The van der Waals surface area contributed by atoms with E-state index in [4.69, 9.17) is 4.74 Å². The van der Waals surface area contributed by atoms with Gasteiger partial charge >= 0.3 is 0 Å². The second-order valence-electron chi connectivity index (χ2n) is 5.39. The second kappa shape index (κ2) is 5.64. The van der Waals surface area contributed by atoms with Crippen molar-refractivity contribution in [3.8, 4) is 5.75 Å².